The highest BCUT2D eigenvalue weighted by molar-refractivity contribution is 7.14. The molecule has 1 rings (SSSR count). The van der Waals surface area contributed by atoms with Gasteiger partial charge in [-0.25, -0.2) is 5.84 Å². The van der Waals surface area contributed by atoms with Gasteiger partial charge in [0.05, 0.1) is 11.4 Å². The summed E-state index contributed by atoms with van der Waals surface area (Å²) < 4.78 is 0. The number of carbonyl (C=O) groups is 2. The lowest BCUT2D eigenvalue weighted by atomic mass is 10.2. The summed E-state index contributed by atoms with van der Waals surface area (Å²) in [5.74, 6) is 4.39. The van der Waals surface area contributed by atoms with Crippen molar-refractivity contribution in [2.45, 2.75) is 13.5 Å². The van der Waals surface area contributed by atoms with Crippen LogP contribution in [0.15, 0.2) is 6.07 Å². The Morgan fingerprint density at radius 2 is 2.18 bits per heavy atom. The van der Waals surface area contributed by atoms with E-state index in [0.29, 0.717) is 11.4 Å². The van der Waals surface area contributed by atoms with Crippen molar-refractivity contribution in [2.75, 3.05) is 13.6 Å². The van der Waals surface area contributed by atoms with E-state index >= 15 is 0 Å². The molecule has 17 heavy (non-hydrogen) atoms. The highest BCUT2D eigenvalue weighted by atomic mass is 32.1. The van der Waals surface area contributed by atoms with E-state index in [2.05, 4.69) is 5.43 Å². The average Bonchev–Trinajstić information content (AvgIpc) is 2.58. The van der Waals surface area contributed by atoms with Crippen molar-refractivity contribution < 1.29 is 9.59 Å². The fraction of sp³-hybridized carbons (Fsp3) is 0.400. The number of amides is 2. The van der Waals surface area contributed by atoms with Gasteiger partial charge in [-0.1, -0.05) is 0 Å². The Balaban J connectivity index is 2.75. The van der Waals surface area contributed by atoms with Crippen molar-refractivity contribution in [3.63, 3.8) is 0 Å². The molecule has 0 atom stereocenters. The summed E-state index contributed by atoms with van der Waals surface area (Å²) in [6.07, 6.45) is 0. The van der Waals surface area contributed by atoms with Gasteiger partial charge in [-0.05, 0) is 25.6 Å². The molecular weight excluding hydrogens is 240 g/mol. The standard InChI is InChI=1S/C10H16N4O2S/c1-6-7(4-14(2)5-9(11)15)3-8(17-6)10(16)13-12/h3H,4-5,12H2,1-2H3,(H2,11,15)(H,13,16). The summed E-state index contributed by atoms with van der Waals surface area (Å²) in [6, 6.07) is 1.78. The van der Waals surface area contributed by atoms with Crippen molar-refractivity contribution >= 4 is 23.2 Å². The maximum atomic E-state index is 11.3. The van der Waals surface area contributed by atoms with Gasteiger partial charge in [-0.15, -0.1) is 11.3 Å². The topological polar surface area (TPSA) is 101 Å². The quantitative estimate of drug-likeness (QED) is 0.378. The fourth-order valence-corrected chi connectivity index (χ4v) is 2.41. The molecule has 0 unspecified atom stereocenters. The molecule has 7 heteroatoms. The summed E-state index contributed by atoms with van der Waals surface area (Å²) in [6.45, 7) is 2.68. The van der Waals surface area contributed by atoms with E-state index in [9.17, 15) is 9.59 Å². The molecule has 0 saturated heterocycles. The minimum absolute atomic E-state index is 0.188. The highest BCUT2D eigenvalue weighted by Gasteiger charge is 2.13. The molecule has 0 aliphatic heterocycles. The van der Waals surface area contributed by atoms with Crippen LogP contribution in [-0.4, -0.2) is 30.3 Å². The average molecular weight is 256 g/mol. The second-order valence-corrected chi connectivity index (χ2v) is 5.06. The van der Waals surface area contributed by atoms with Gasteiger partial charge in [0.2, 0.25) is 5.91 Å². The summed E-state index contributed by atoms with van der Waals surface area (Å²) in [7, 11) is 1.80. The molecule has 0 aromatic carbocycles. The summed E-state index contributed by atoms with van der Waals surface area (Å²) in [5, 5.41) is 0. The number of thiophene rings is 1. The number of hydrazine groups is 1. The Labute approximate surface area is 104 Å². The zero-order valence-electron chi connectivity index (χ0n) is 9.82. The molecule has 0 fully saturated rings. The minimum atomic E-state index is -0.375. The predicted molar refractivity (Wildman–Crippen MR) is 66.2 cm³/mol. The number of aryl methyl sites for hydroxylation is 1. The second kappa shape index (κ2) is 5.76. The van der Waals surface area contributed by atoms with Crippen molar-refractivity contribution in [3.05, 3.63) is 21.4 Å². The highest BCUT2D eigenvalue weighted by Crippen LogP contribution is 2.22. The third-order valence-corrected chi connectivity index (χ3v) is 3.33. The van der Waals surface area contributed by atoms with Crippen molar-refractivity contribution in [3.8, 4) is 0 Å². The lowest BCUT2D eigenvalue weighted by Gasteiger charge is -2.13. The Morgan fingerprint density at radius 3 is 2.71 bits per heavy atom. The van der Waals surface area contributed by atoms with Crippen LogP contribution in [0.25, 0.3) is 0 Å². The number of carbonyl (C=O) groups excluding carboxylic acids is 2. The van der Waals surface area contributed by atoms with E-state index in [4.69, 9.17) is 11.6 Å². The van der Waals surface area contributed by atoms with E-state index in [1.54, 1.807) is 18.0 Å². The molecule has 0 spiro atoms. The zero-order valence-corrected chi connectivity index (χ0v) is 10.6. The molecule has 0 saturated carbocycles. The van der Waals surface area contributed by atoms with E-state index in [1.165, 1.54) is 11.3 Å². The third kappa shape index (κ3) is 3.81. The lowest BCUT2D eigenvalue weighted by molar-refractivity contribution is -0.118. The number of likely N-dealkylation sites (N-methyl/N-ethyl adjacent to an activating group) is 1. The molecule has 0 aliphatic rings. The van der Waals surface area contributed by atoms with E-state index in [-0.39, 0.29) is 18.4 Å². The van der Waals surface area contributed by atoms with Gasteiger partial charge < -0.3 is 5.73 Å². The monoisotopic (exact) mass is 256 g/mol. The van der Waals surface area contributed by atoms with Gasteiger partial charge in [0.15, 0.2) is 0 Å². The predicted octanol–water partition coefficient (Wildman–Crippen LogP) is -0.423. The van der Waals surface area contributed by atoms with Crippen molar-refractivity contribution in [1.29, 1.82) is 0 Å². The maximum Gasteiger partial charge on any atom is 0.275 e. The third-order valence-electron chi connectivity index (χ3n) is 2.24. The van der Waals surface area contributed by atoms with E-state index < -0.39 is 0 Å². The molecule has 6 nitrogen and oxygen atoms in total. The van der Waals surface area contributed by atoms with Gasteiger partial charge in [-0.2, -0.15) is 0 Å². The van der Waals surface area contributed by atoms with Gasteiger partial charge >= 0.3 is 0 Å². The lowest BCUT2D eigenvalue weighted by Crippen LogP contribution is -2.30. The summed E-state index contributed by atoms with van der Waals surface area (Å²) >= 11 is 1.37. The first-order valence-corrected chi connectivity index (χ1v) is 5.82. The second-order valence-electron chi connectivity index (χ2n) is 3.80. The Morgan fingerprint density at radius 1 is 1.53 bits per heavy atom. The zero-order chi connectivity index (χ0) is 13.0. The SMILES string of the molecule is Cc1sc(C(=O)NN)cc1CN(C)CC(N)=O. The largest absolute Gasteiger partial charge is 0.369 e. The Bertz CT molecular complexity index is 430. The van der Waals surface area contributed by atoms with Crippen molar-refractivity contribution in [1.82, 2.24) is 10.3 Å². The molecule has 1 aromatic heterocycles. The minimum Gasteiger partial charge on any atom is -0.369 e. The number of primary amides is 1. The number of hydrogen-bond donors (Lipinski definition) is 3. The van der Waals surface area contributed by atoms with Gasteiger partial charge in [0, 0.05) is 11.4 Å². The van der Waals surface area contributed by atoms with Gasteiger partial charge in [0.25, 0.3) is 5.91 Å². The maximum absolute atomic E-state index is 11.3. The molecule has 5 N–H and O–H groups in total. The van der Waals surface area contributed by atoms with Gasteiger partial charge in [0.1, 0.15) is 0 Å². The number of nitrogen functional groups attached to an aromatic ring is 1. The van der Waals surface area contributed by atoms with E-state index in [1.807, 2.05) is 6.92 Å². The molecule has 0 aliphatic carbocycles. The molecule has 0 bridgehead atoms. The Kier molecular flexibility index (Phi) is 4.62. The molecule has 1 heterocycles. The van der Waals surface area contributed by atoms with Crippen LogP contribution in [-0.2, 0) is 11.3 Å². The normalized spacial score (nSPS) is 10.6. The number of nitrogens with zero attached hydrogens (tertiary/aromatic N) is 1. The Hall–Kier alpha value is -1.44. The summed E-state index contributed by atoms with van der Waals surface area (Å²) in [5.41, 5.74) is 8.19. The number of nitrogens with two attached hydrogens (primary N) is 2. The molecular formula is C10H16N4O2S. The first kappa shape index (κ1) is 13.6. The molecule has 2 amide bonds. The van der Waals surface area contributed by atoms with Crippen LogP contribution < -0.4 is 17.0 Å². The first-order chi connectivity index (χ1) is 7.93. The number of hydrogen-bond acceptors (Lipinski definition) is 5. The number of nitrogens with one attached hydrogen (secondary N) is 1. The summed E-state index contributed by atoms with van der Waals surface area (Å²) in [4.78, 5) is 25.5. The van der Waals surface area contributed by atoms with Crippen LogP contribution in [0.4, 0.5) is 0 Å². The molecule has 1 aromatic rings. The fourth-order valence-electron chi connectivity index (χ4n) is 1.47. The van der Waals surface area contributed by atoms with Gasteiger partial charge in [-0.3, -0.25) is 19.9 Å². The van der Waals surface area contributed by atoms with E-state index in [0.717, 1.165) is 10.4 Å². The van der Waals surface area contributed by atoms with Crippen LogP contribution >= 0.6 is 11.3 Å². The van der Waals surface area contributed by atoms with Crippen LogP contribution in [0, 0.1) is 6.92 Å². The van der Waals surface area contributed by atoms with Crippen LogP contribution in [0.1, 0.15) is 20.1 Å². The van der Waals surface area contributed by atoms with Crippen LogP contribution in [0.5, 0.6) is 0 Å². The molecule has 94 valence electrons. The van der Waals surface area contributed by atoms with Crippen LogP contribution in [0.2, 0.25) is 0 Å². The first-order valence-electron chi connectivity index (χ1n) is 5.01. The van der Waals surface area contributed by atoms with Crippen molar-refractivity contribution in [2.24, 2.45) is 11.6 Å². The number of rotatable bonds is 5. The molecule has 0 radical (unpaired) electrons. The van der Waals surface area contributed by atoms with Crippen LogP contribution in [0.3, 0.4) is 0 Å². The smallest absolute Gasteiger partial charge is 0.275 e.